The molecule has 0 saturated heterocycles. The normalized spacial score (nSPS) is 11.2. The number of allylic oxidation sites excluding steroid dienone is 1. The Kier molecular flexibility index (Phi) is 3.76. The van der Waals surface area contributed by atoms with Gasteiger partial charge in [-0.1, -0.05) is 6.08 Å². The fourth-order valence-electron chi connectivity index (χ4n) is 0.299. The van der Waals surface area contributed by atoms with E-state index in [-0.39, 0.29) is 5.97 Å². The van der Waals surface area contributed by atoms with E-state index in [4.69, 9.17) is 0 Å². The molecule has 2 heteroatoms. The Labute approximate surface area is 55.5 Å². The first-order valence-corrected chi connectivity index (χ1v) is 2.92. The van der Waals surface area contributed by atoms with Crippen molar-refractivity contribution < 1.29 is 9.53 Å². The predicted molar refractivity (Wildman–Crippen MR) is 36.1 cm³/mol. The van der Waals surface area contributed by atoms with Crippen LogP contribution in [0, 0.1) is 0 Å². The molecule has 0 N–H and O–H groups in total. The molecular formula is C7H12O2. The molecule has 0 unspecified atom stereocenters. The van der Waals surface area contributed by atoms with Crippen LogP contribution in [-0.2, 0) is 9.53 Å². The quantitative estimate of drug-likeness (QED) is 0.416. The fraction of sp³-hybridized carbons (Fsp3) is 0.571. The van der Waals surface area contributed by atoms with Gasteiger partial charge in [0.1, 0.15) is 6.61 Å². The Morgan fingerprint density at radius 1 is 1.56 bits per heavy atom. The van der Waals surface area contributed by atoms with Crippen molar-refractivity contribution in [3.63, 3.8) is 0 Å². The second kappa shape index (κ2) is 4.13. The van der Waals surface area contributed by atoms with E-state index in [1.165, 1.54) is 6.92 Å². The van der Waals surface area contributed by atoms with E-state index in [0.29, 0.717) is 6.61 Å². The van der Waals surface area contributed by atoms with Crippen LogP contribution in [0.3, 0.4) is 0 Å². The van der Waals surface area contributed by atoms with E-state index in [2.05, 4.69) is 4.74 Å². The number of esters is 1. The summed E-state index contributed by atoms with van der Waals surface area (Å²) in [4.78, 5) is 10.2. The van der Waals surface area contributed by atoms with Gasteiger partial charge in [0.05, 0.1) is 0 Å². The van der Waals surface area contributed by atoms with Gasteiger partial charge in [-0.3, -0.25) is 4.79 Å². The largest absolute Gasteiger partial charge is 0.461 e. The van der Waals surface area contributed by atoms with E-state index >= 15 is 0 Å². The lowest BCUT2D eigenvalue weighted by molar-refractivity contribution is -0.139. The second-order valence-electron chi connectivity index (χ2n) is 1.92. The fourth-order valence-corrected chi connectivity index (χ4v) is 0.299. The number of ether oxygens (including phenoxy) is 1. The first-order valence-electron chi connectivity index (χ1n) is 2.92. The Bertz CT molecular complexity index is 125. The van der Waals surface area contributed by atoms with Crippen LogP contribution < -0.4 is 0 Å². The maximum atomic E-state index is 10.2. The highest BCUT2D eigenvalue weighted by Gasteiger charge is 1.90. The van der Waals surface area contributed by atoms with Crippen molar-refractivity contribution >= 4 is 5.97 Å². The third-order valence-corrected chi connectivity index (χ3v) is 0.996. The SMILES string of the molecule is C/C=C(\C)COC(C)=O. The van der Waals surface area contributed by atoms with Crippen LogP contribution in [0.5, 0.6) is 0 Å². The molecule has 0 aromatic heterocycles. The summed E-state index contributed by atoms with van der Waals surface area (Å²) in [6.45, 7) is 5.66. The van der Waals surface area contributed by atoms with Crippen molar-refractivity contribution in [1.82, 2.24) is 0 Å². The molecule has 52 valence electrons. The molecule has 0 fully saturated rings. The van der Waals surface area contributed by atoms with Crippen molar-refractivity contribution in [2.24, 2.45) is 0 Å². The number of rotatable bonds is 2. The van der Waals surface area contributed by atoms with Gasteiger partial charge in [0.15, 0.2) is 0 Å². The Hall–Kier alpha value is -0.790. The van der Waals surface area contributed by atoms with Gasteiger partial charge in [-0.2, -0.15) is 0 Å². The molecule has 0 aliphatic heterocycles. The number of hydrogen-bond donors (Lipinski definition) is 0. The molecule has 0 aromatic carbocycles. The summed E-state index contributed by atoms with van der Waals surface area (Å²) >= 11 is 0. The summed E-state index contributed by atoms with van der Waals surface area (Å²) in [7, 11) is 0. The molecule has 0 amide bonds. The molecule has 0 saturated carbocycles. The lowest BCUT2D eigenvalue weighted by Gasteiger charge is -1.98. The standard InChI is InChI=1S/C7H12O2/c1-4-6(2)5-9-7(3)8/h4H,5H2,1-3H3/b6-4+. The second-order valence-corrected chi connectivity index (χ2v) is 1.92. The Morgan fingerprint density at radius 3 is 2.44 bits per heavy atom. The predicted octanol–water partition coefficient (Wildman–Crippen LogP) is 1.52. The smallest absolute Gasteiger partial charge is 0.302 e. The van der Waals surface area contributed by atoms with Gasteiger partial charge in [-0.15, -0.1) is 0 Å². The molecule has 0 bridgehead atoms. The van der Waals surface area contributed by atoms with Crippen LogP contribution >= 0.6 is 0 Å². The molecule has 0 radical (unpaired) electrons. The maximum absolute atomic E-state index is 10.2. The van der Waals surface area contributed by atoms with Gasteiger partial charge in [-0.25, -0.2) is 0 Å². The minimum Gasteiger partial charge on any atom is -0.461 e. The van der Waals surface area contributed by atoms with Crippen molar-refractivity contribution in [3.05, 3.63) is 11.6 Å². The molecule has 0 spiro atoms. The van der Waals surface area contributed by atoms with E-state index in [9.17, 15) is 4.79 Å². The van der Waals surface area contributed by atoms with Crippen LogP contribution in [0.4, 0.5) is 0 Å². The lowest BCUT2D eigenvalue weighted by Crippen LogP contribution is -2.00. The Morgan fingerprint density at radius 2 is 2.11 bits per heavy atom. The van der Waals surface area contributed by atoms with Gasteiger partial charge in [0.2, 0.25) is 0 Å². The summed E-state index contributed by atoms with van der Waals surface area (Å²) in [5.41, 5.74) is 1.07. The van der Waals surface area contributed by atoms with Crippen LogP contribution in [0.1, 0.15) is 20.8 Å². The zero-order valence-electron chi connectivity index (χ0n) is 6.10. The molecule has 0 rings (SSSR count). The average Bonchev–Trinajstić information content (AvgIpc) is 1.83. The maximum Gasteiger partial charge on any atom is 0.302 e. The van der Waals surface area contributed by atoms with Gasteiger partial charge >= 0.3 is 5.97 Å². The van der Waals surface area contributed by atoms with Crippen molar-refractivity contribution in [3.8, 4) is 0 Å². The van der Waals surface area contributed by atoms with Gasteiger partial charge in [0, 0.05) is 6.92 Å². The minimum atomic E-state index is -0.226. The highest BCUT2D eigenvalue weighted by Crippen LogP contribution is 1.91. The number of carbonyl (C=O) groups is 1. The number of carbonyl (C=O) groups excluding carboxylic acids is 1. The highest BCUT2D eigenvalue weighted by atomic mass is 16.5. The number of hydrogen-bond acceptors (Lipinski definition) is 2. The van der Waals surface area contributed by atoms with Crippen molar-refractivity contribution in [2.45, 2.75) is 20.8 Å². The third-order valence-electron chi connectivity index (χ3n) is 0.996. The van der Waals surface area contributed by atoms with Crippen molar-refractivity contribution in [1.29, 1.82) is 0 Å². The molecule has 0 aliphatic carbocycles. The van der Waals surface area contributed by atoms with Crippen LogP contribution in [-0.4, -0.2) is 12.6 Å². The van der Waals surface area contributed by atoms with E-state index in [1.807, 2.05) is 19.9 Å². The van der Waals surface area contributed by atoms with E-state index in [0.717, 1.165) is 5.57 Å². The monoisotopic (exact) mass is 128 g/mol. The summed E-state index contributed by atoms with van der Waals surface area (Å²) < 4.78 is 4.69. The molecule has 9 heavy (non-hydrogen) atoms. The average molecular weight is 128 g/mol. The topological polar surface area (TPSA) is 26.3 Å². The zero-order valence-corrected chi connectivity index (χ0v) is 6.10. The molecule has 0 aliphatic rings. The Balaban J connectivity index is 3.39. The zero-order chi connectivity index (χ0) is 7.28. The van der Waals surface area contributed by atoms with Gasteiger partial charge in [0.25, 0.3) is 0 Å². The highest BCUT2D eigenvalue weighted by molar-refractivity contribution is 5.66. The summed E-state index contributed by atoms with van der Waals surface area (Å²) in [6.07, 6.45) is 1.92. The van der Waals surface area contributed by atoms with Gasteiger partial charge < -0.3 is 4.74 Å². The summed E-state index contributed by atoms with van der Waals surface area (Å²) in [5.74, 6) is -0.226. The summed E-state index contributed by atoms with van der Waals surface area (Å²) in [5, 5.41) is 0. The molecule has 0 atom stereocenters. The van der Waals surface area contributed by atoms with Gasteiger partial charge in [-0.05, 0) is 19.4 Å². The minimum absolute atomic E-state index is 0.226. The van der Waals surface area contributed by atoms with Crippen LogP contribution in [0.25, 0.3) is 0 Å². The molecule has 0 aromatic rings. The van der Waals surface area contributed by atoms with Crippen LogP contribution in [0.2, 0.25) is 0 Å². The van der Waals surface area contributed by atoms with E-state index in [1.54, 1.807) is 0 Å². The third kappa shape index (κ3) is 5.07. The molecular weight excluding hydrogens is 116 g/mol. The van der Waals surface area contributed by atoms with E-state index < -0.39 is 0 Å². The lowest BCUT2D eigenvalue weighted by atomic mass is 10.3. The molecule has 2 nitrogen and oxygen atoms in total. The van der Waals surface area contributed by atoms with Crippen LogP contribution in [0.15, 0.2) is 11.6 Å². The summed E-state index contributed by atoms with van der Waals surface area (Å²) in [6, 6.07) is 0. The first-order chi connectivity index (χ1) is 4.16. The van der Waals surface area contributed by atoms with Crippen molar-refractivity contribution in [2.75, 3.05) is 6.61 Å². The molecule has 0 heterocycles. The first kappa shape index (κ1) is 8.21.